The quantitative estimate of drug-likeness (QED) is 0.855. The summed E-state index contributed by atoms with van der Waals surface area (Å²) in [4.78, 5) is 0. The summed E-state index contributed by atoms with van der Waals surface area (Å²) in [6.45, 7) is 4.69. The van der Waals surface area contributed by atoms with Gasteiger partial charge in [0, 0.05) is 12.6 Å². The Kier molecular flexibility index (Phi) is 4.73. The first-order valence-electron chi connectivity index (χ1n) is 6.44. The number of nitrogens with one attached hydrogen (secondary N) is 1. The van der Waals surface area contributed by atoms with Crippen molar-refractivity contribution >= 4 is 11.6 Å². The number of hydrogen-bond donors (Lipinski definition) is 1. The Morgan fingerprint density at radius 2 is 1.85 bits per heavy atom. The van der Waals surface area contributed by atoms with Gasteiger partial charge in [0.1, 0.15) is 11.6 Å². The van der Waals surface area contributed by atoms with E-state index in [1.165, 1.54) is 24.3 Å². The zero-order valence-corrected chi connectivity index (χ0v) is 12.1. The van der Waals surface area contributed by atoms with E-state index in [0.29, 0.717) is 18.2 Å². The van der Waals surface area contributed by atoms with E-state index in [-0.39, 0.29) is 10.8 Å². The summed E-state index contributed by atoms with van der Waals surface area (Å²) in [6.07, 6.45) is 0. The van der Waals surface area contributed by atoms with Crippen LogP contribution in [0.15, 0.2) is 36.4 Å². The van der Waals surface area contributed by atoms with Crippen molar-refractivity contribution in [1.29, 1.82) is 0 Å². The highest BCUT2D eigenvalue weighted by molar-refractivity contribution is 6.31. The third-order valence-corrected chi connectivity index (χ3v) is 3.29. The third kappa shape index (κ3) is 3.56. The molecule has 0 unspecified atom stereocenters. The lowest BCUT2D eigenvalue weighted by Gasteiger charge is -2.13. The highest BCUT2D eigenvalue weighted by atomic mass is 35.5. The fourth-order valence-corrected chi connectivity index (χ4v) is 2.13. The number of benzene rings is 2. The first-order valence-corrected chi connectivity index (χ1v) is 6.82. The van der Waals surface area contributed by atoms with Crippen LogP contribution in [0.1, 0.15) is 19.4 Å². The molecule has 1 N–H and O–H groups in total. The number of halogens is 3. The maximum atomic E-state index is 13.5. The maximum Gasteiger partial charge on any atom is 0.141 e. The van der Waals surface area contributed by atoms with Crippen molar-refractivity contribution in [1.82, 2.24) is 5.32 Å². The van der Waals surface area contributed by atoms with E-state index in [9.17, 15) is 8.78 Å². The molecule has 0 bridgehead atoms. The van der Waals surface area contributed by atoms with Gasteiger partial charge < -0.3 is 5.32 Å². The van der Waals surface area contributed by atoms with Gasteiger partial charge in [0.2, 0.25) is 0 Å². The lowest BCUT2D eigenvalue weighted by molar-refractivity contribution is 0.587. The van der Waals surface area contributed by atoms with Crippen molar-refractivity contribution in [3.05, 3.63) is 58.6 Å². The summed E-state index contributed by atoms with van der Waals surface area (Å²) in [5, 5.41) is 3.32. The van der Waals surface area contributed by atoms with Gasteiger partial charge in [-0.15, -0.1) is 0 Å². The van der Waals surface area contributed by atoms with Gasteiger partial charge in [0.15, 0.2) is 0 Å². The van der Waals surface area contributed by atoms with Gasteiger partial charge in [-0.2, -0.15) is 0 Å². The Bertz CT molecular complexity index is 611. The van der Waals surface area contributed by atoms with Crippen molar-refractivity contribution in [3.63, 3.8) is 0 Å². The average Bonchev–Trinajstić information content (AvgIpc) is 2.40. The molecule has 0 saturated carbocycles. The highest BCUT2D eigenvalue weighted by Crippen LogP contribution is 2.28. The molecular weight excluding hydrogens is 280 g/mol. The molecule has 2 aromatic carbocycles. The van der Waals surface area contributed by atoms with Crippen molar-refractivity contribution in [2.75, 3.05) is 0 Å². The van der Waals surface area contributed by atoms with E-state index in [0.717, 1.165) is 11.1 Å². The maximum absolute atomic E-state index is 13.5. The van der Waals surface area contributed by atoms with Crippen LogP contribution in [0.25, 0.3) is 11.1 Å². The molecule has 0 aliphatic heterocycles. The second-order valence-electron chi connectivity index (χ2n) is 4.97. The van der Waals surface area contributed by atoms with Gasteiger partial charge in [0.05, 0.1) is 5.02 Å². The molecule has 0 heterocycles. The predicted octanol–water partition coefficient (Wildman–Crippen LogP) is 4.78. The highest BCUT2D eigenvalue weighted by Gasteiger charge is 2.09. The van der Waals surface area contributed by atoms with Crippen LogP contribution in [-0.4, -0.2) is 6.04 Å². The smallest absolute Gasteiger partial charge is 0.141 e. The summed E-state index contributed by atoms with van der Waals surface area (Å²) in [5.74, 6) is -0.803. The summed E-state index contributed by atoms with van der Waals surface area (Å²) in [7, 11) is 0. The lowest BCUT2D eigenvalue weighted by Crippen LogP contribution is -2.22. The molecule has 20 heavy (non-hydrogen) atoms. The Hall–Kier alpha value is -1.45. The molecule has 2 rings (SSSR count). The zero-order chi connectivity index (χ0) is 14.7. The Balaban J connectivity index is 2.42. The lowest BCUT2D eigenvalue weighted by atomic mass is 9.99. The van der Waals surface area contributed by atoms with E-state index in [4.69, 9.17) is 11.6 Å². The first-order chi connectivity index (χ1) is 9.47. The molecule has 0 aromatic heterocycles. The van der Waals surface area contributed by atoms with Gasteiger partial charge in [-0.3, -0.25) is 0 Å². The standard InChI is InChI=1S/C16H16ClF2N/c1-10(2)20-9-12-3-5-13(18)8-14(12)11-4-6-16(19)15(17)7-11/h3-8,10,20H,9H2,1-2H3. The van der Waals surface area contributed by atoms with Gasteiger partial charge in [-0.1, -0.05) is 37.6 Å². The van der Waals surface area contributed by atoms with Crippen molar-refractivity contribution in [2.45, 2.75) is 26.4 Å². The molecule has 0 fully saturated rings. The van der Waals surface area contributed by atoms with E-state index in [2.05, 4.69) is 5.32 Å². The molecule has 0 atom stereocenters. The largest absolute Gasteiger partial charge is 0.310 e. The molecule has 0 aliphatic carbocycles. The van der Waals surface area contributed by atoms with Crippen LogP contribution in [0.5, 0.6) is 0 Å². The molecule has 0 radical (unpaired) electrons. The van der Waals surface area contributed by atoms with Crippen LogP contribution < -0.4 is 5.32 Å². The van der Waals surface area contributed by atoms with E-state index >= 15 is 0 Å². The molecule has 0 saturated heterocycles. The third-order valence-electron chi connectivity index (χ3n) is 3.00. The Labute approximate surface area is 122 Å². The van der Waals surface area contributed by atoms with Crippen LogP contribution in [0.2, 0.25) is 5.02 Å². The Morgan fingerprint density at radius 3 is 2.50 bits per heavy atom. The molecule has 0 spiro atoms. The van der Waals surface area contributed by atoms with Crippen LogP contribution >= 0.6 is 11.6 Å². The number of hydrogen-bond acceptors (Lipinski definition) is 1. The molecule has 1 nitrogen and oxygen atoms in total. The van der Waals surface area contributed by atoms with Crippen molar-refractivity contribution in [3.8, 4) is 11.1 Å². The van der Waals surface area contributed by atoms with Crippen molar-refractivity contribution < 1.29 is 8.78 Å². The molecule has 0 aliphatic rings. The minimum atomic E-state index is -0.478. The molecule has 0 amide bonds. The fraction of sp³-hybridized carbons (Fsp3) is 0.250. The van der Waals surface area contributed by atoms with Gasteiger partial charge >= 0.3 is 0 Å². The summed E-state index contributed by atoms with van der Waals surface area (Å²) in [6, 6.07) is 9.34. The zero-order valence-electron chi connectivity index (χ0n) is 11.4. The van der Waals surface area contributed by atoms with Gasteiger partial charge in [-0.25, -0.2) is 8.78 Å². The Morgan fingerprint density at radius 1 is 1.10 bits per heavy atom. The minimum absolute atomic E-state index is 0.0366. The second-order valence-corrected chi connectivity index (χ2v) is 5.37. The fourth-order valence-electron chi connectivity index (χ4n) is 1.95. The van der Waals surface area contributed by atoms with Crippen LogP contribution in [0, 0.1) is 11.6 Å². The van der Waals surface area contributed by atoms with Gasteiger partial charge in [-0.05, 0) is 41.0 Å². The molecular formula is C16H16ClF2N. The summed E-state index contributed by atoms with van der Waals surface area (Å²) in [5.41, 5.74) is 2.37. The molecule has 4 heteroatoms. The first kappa shape index (κ1) is 14.9. The monoisotopic (exact) mass is 295 g/mol. The topological polar surface area (TPSA) is 12.0 Å². The normalized spacial score (nSPS) is 11.1. The van der Waals surface area contributed by atoms with Gasteiger partial charge in [0.25, 0.3) is 0 Å². The average molecular weight is 296 g/mol. The summed E-state index contributed by atoms with van der Waals surface area (Å²) < 4.78 is 26.7. The van der Waals surface area contributed by atoms with E-state index in [1.54, 1.807) is 12.1 Å². The van der Waals surface area contributed by atoms with E-state index < -0.39 is 5.82 Å². The minimum Gasteiger partial charge on any atom is -0.310 e. The SMILES string of the molecule is CC(C)NCc1ccc(F)cc1-c1ccc(F)c(Cl)c1. The molecule has 2 aromatic rings. The van der Waals surface area contributed by atoms with E-state index in [1.807, 2.05) is 13.8 Å². The number of rotatable bonds is 4. The second kappa shape index (κ2) is 6.33. The molecule has 106 valence electrons. The van der Waals surface area contributed by atoms with Crippen LogP contribution in [-0.2, 0) is 6.54 Å². The summed E-state index contributed by atoms with van der Waals surface area (Å²) >= 11 is 5.80. The van der Waals surface area contributed by atoms with Crippen molar-refractivity contribution in [2.24, 2.45) is 0 Å². The van der Waals surface area contributed by atoms with Crippen LogP contribution in [0.3, 0.4) is 0 Å². The van der Waals surface area contributed by atoms with Crippen LogP contribution in [0.4, 0.5) is 8.78 Å². The predicted molar refractivity (Wildman–Crippen MR) is 78.8 cm³/mol.